The van der Waals surface area contributed by atoms with Crippen LogP contribution in [0.5, 0.6) is 0 Å². The number of rotatable bonds is 6. The lowest BCUT2D eigenvalue weighted by Crippen LogP contribution is -2.53. The van der Waals surface area contributed by atoms with Crippen LogP contribution >= 0.6 is 11.6 Å². The van der Waals surface area contributed by atoms with Gasteiger partial charge < -0.3 is 15.5 Å². The van der Waals surface area contributed by atoms with Crippen LogP contribution in [0.3, 0.4) is 0 Å². The number of amides is 2. The molecule has 4 rings (SSSR count). The smallest absolute Gasteiger partial charge is 0.352 e. The quantitative estimate of drug-likeness (QED) is 0.597. The lowest BCUT2D eigenvalue weighted by atomic mass is 9.83. The molecule has 2 aromatic rings. The maximum Gasteiger partial charge on any atom is 0.405 e. The molecule has 10 heteroatoms. The summed E-state index contributed by atoms with van der Waals surface area (Å²) in [6.45, 7) is 2.41. The first-order chi connectivity index (χ1) is 16.4. The number of aromatic nitrogens is 1. The Bertz CT molecular complexity index is 1060. The first-order valence-corrected chi connectivity index (χ1v) is 12.0. The number of hydrogen-bond acceptors (Lipinski definition) is 4. The number of carbonyl (C=O) groups excluding carboxylic acids is 2. The fourth-order valence-corrected chi connectivity index (χ4v) is 5.11. The summed E-state index contributed by atoms with van der Waals surface area (Å²) < 4.78 is 37.0. The van der Waals surface area contributed by atoms with Gasteiger partial charge in [-0.25, -0.2) is 4.98 Å². The molecule has 188 valence electrons. The van der Waals surface area contributed by atoms with Gasteiger partial charge in [-0.2, -0.15) is 13.2 Å². The number of nitrogens with one attached hydrogen (secondary N) is 2. The number of carbonyl (C=O) groups is 2. The van der Waals surface area contributed by atoms with E-state index in [0.717, 1.165) is 31.2 Å². The highest BCUT2D eigenvalue weighted by Crippen LogP contribution is 2.39. The van der Waals surface area contributed by atoms with E-state index < -0.39 is 24.0 Å². The molecule has 3 heterocycles. The Kier molecular flexibility index (Phi) is 6.99. The van der Waals surface area contributed by atoms with E-state index in [9.17, 15) is 22.8 Å². The Morgan fingerprint density at radius 2 is 1.69 bits per heavy atom. The standard InChI is InChI=1S/C25H28ClF3N4O2/c1-24(2,16-4-6-17(26)7-5-16)23(35)32-18-11-19-8-9-20(12-18)33(19)21-10-3-15(13-30-21)22(34)31-14-25(27,28)29/h3-7,10,13,18-20H,8-9,11-12,14H2,1-2H3,(H,31,34)(H,32,35). The highest BCUT2D eigenvalue weighted by atomic mass is 35.5. The van der Waals surface area contributed by atoms with E-state index in [-0.39, 0.29) is 29.6 Å². The van der Waals surface area contributed by atoms with Crippen LogP contribution in [-0.4, -0.2) is 47.6 Å². The molecule has 35 heavy (non-hydrogen) atoms. The van der Waals surface area contributed by atoms with E-state index in [1.54, 1.807) is 18.2 Å². The summed E-state index contributed by atoms with van der Waals surface area (Å²) in [4.78, 5) is 31.7. The molecule has 1 aromatic heterocycles. The van der Waals surface area contributed by atoms with Crippen molar-refractivity contribution in [1.82, 2.24) is 15.6 Å². The minimum atomic E-state index is -4.47. The molecule has 0 saturated carbocycles. The molecule has 2 unspecified atom stereocenters. The Morgan fingerprint density at radius 3 is 2.23 bits per heavy atom. The van der Waals surface area contributed by atoms with Crippen LogP contribution in [0.2, 0.25) is 5.02 Å². The molecule has 2 atom stereocenters. The van der Waals surface area contributed by atoms with Crippen LogP contribution < -0.4 is 15.5 Å². The van der Waals surface area contributed by atoms with Crippen molar-refractivity contribution in [3.8, 4) is 0 Å². The van der Waals surface area contributed by atoms with Gasteiger partial charge in [0.1, 0.15) is 12.4 Å². The fraction of sp³-hybridized carbons (Fsp3) is 0.480. The molecule has 2 bridgehead atoms. The molecule has 2 fully saturated rings. The van der Waals surface area contributed by atoms with Gasteiger partial charge in [-0.05, 0) is 69.4 Å². The molecule has 0 radical (unpaired) electrons. The molecular weight excluding hydrogens is 481 g/mol. The van der Waals surface area contributed by atoms with Crippen molar-refractivity contribution in [3.63, 3.8) is 0 Å². The van der Waals surface area contributed by atoms with Gasteiger partial charge in [-0.1, -0.05) is 23.7 Å². The van der Waals surface area contributed by atoms with Gasteiger partial charge in [0.2, 0.25) is 5.91 Å². The maximum absolute atomic E-state index is 13.1. The average molecular weight is 509 g/mol. The van der Waals surface area contributed by atoms with Gasteiger partial charge in [0, 0.05) is 29.3 Å². The van der Waals surface area contributed by atoms with Crippen LogP contribution in [-0.2, 0) is 10.2 Å². The monoisotopic (exact) mass is 508 g/mol. The number of nitrogens with zero attached hydrogens (tertiary/aromatic N) is 2. The van der Waals surface area contributed by atoms with Gasteiger partial charge in [0.25, 0.3) is 5.91 Å². The van der Waals surface area contributed by atoms with E-state index in [1.807, 2.05) is 31.3 Å². The Hall–Kier alpha value is -2.81. The highest BCUT2D eigenvalue weighted by Gasteiger charge is 2.43. The largest absolute Gasteiger partial charge is 0.405 e. The Labute approximate surface area is 207 Å². The van der Waals surface area contributed by atoms with Crippen LogP contribution in [0.25, 0.3) is 0 Å². The second-order valence-electron chi connectivity index (χ2n) is 9.77. The second kappa shape index (κ2) is 9.68. The van der Waals surface area contributed by atoms with Crippen molar-refractivity contribution in [2.45, 2.75) is 69.2 Å². The number of alkyl halides is 3. The molecular formula is C25H28ClF3N4O2. The number of benzene rings is 1. The highest BCUT2D eigenvalue weighted by molar-refractivity contribution is 6.30. The van der Waals surface area contributed by atoms with Crippen LogP contribution in [0.1, 0.15) is 55.5 Å². The van der Waals surface area contributed by atoms with Gasteiger partial charge >= 0.3 is 6.18 Å². The van der Waals surface area contributed by atoms with Gasteiger partial charge in [-0.15, -0.1) is 0 Å². The molecule has 2 amide bonds. The van der Waals surface area contributed by atoms with E-state index in [2.05, 4.69) is 15.2 Å². The Balaban J connectivity index is 1.38. The number of hydrogen-bond donors (Lipinski definition) is 2. The number of halogens is 4. The molecule has 2 N–H and O–H groups in total. The summed E-state index contributed by atoms with van der Waals surface area (Å²) in [7, 11) is 0. The zero-order chi connectivity index (χ0) is 25.4. The minimum absolute atomic E-state index is 0.0370. The predicted octanol–water partition coefficient (Wildman–Crippen LogP) is 4.62. The average Bonchev–Trinajstić information content (AvgIpc) is 3.07. The lowest BCUT2D eigenvalue weighted by molar-refractivity contribution is -0.126. The Morgan fingerprint density at radius 1 is 1.06 bits per heavy atom. The van der Waals surface area contributed by atoms with E-state index in [0.29, 0.717) is 10.8 Å². The topological polar surface area (TPSA) is 74.3 Å². The zero-order valence-electron chi connectivity index (χ0n) is 19.5. The molecule has 2 aliphatic heterocycles. The molecule has 2 saturated heterocycles. The zero-order valence-corrected chi connectivity index (χ0v) is 20.3. The van der Waals surface area contributed by atoms with E-state index in [1.165, 1.54) is 12.3 Å². The van der Waals surface area contributed by atoms with Crippen molar-refractivity contribution in [2.24, 2.45) is 0 Å². The van der Waals surface area contributed by atoms with Gasteiger partial charge in [-0.3, -0.25) is 9.59 Å². The van der Waals surface area contributed by atoms with Gasteiger partial charge in [0.05, 0.1) is 11.0 Å². The van der Waals surface area contributed by atoms with Crippen molar-refractivity contribution in [1.29, 1.82) is 0 Å². The molecule has 0 aliphatic carbocycles. The third-order valence-electron chi connectivity index (χ3n) is 6.93. The minimum Gasteiger partial charge on any atom is -0.352 e. The van der Waals surface area contributed by atoms with Crippen molar-refractivity contribution < 1.29 is 22.8 Å². The predicted molar refractivity (Wildman–Crippen MR) is 128 cm³/mol. The number of anilines is 1. The first-order valence-electron chi connectivity index (χ1n) is 11.6. The molecule has 6 nitrogen and oxygen atoms in total. The molecule has 0 spiro atoms. The van der Waals surface area contributed by atoms with Gasteiger partial charge in [0.15, 0.2) is 0 Å². The molecule has 2 aliphatic rings. The fourth-order valence-electron chi connectivity index (χ4n) is 4.99. The van der Waals surface area contributed by atoms with Crippen molar-refractivity contribution in [3.05, 3.63) is 58.7 Å². The van der Waals surface area contributed by atoms with E-state index in [4.69, 9.17) is 11.6 Å². The van der Waals surface area contributed by atoms with Crippen molar-refractivity contribution in [2.75, 3.05) is 11.4 Å². The maximum atomic E-state index is 13.1. The lowest BCUT2D eigenvalue weighted by Gasteiger charge is -2.41. The molecule has 1 aromatic carbocycles. The summed E-state index contributed by atoms with van der Waals surface area (Å²) in [5, 5.41) is 5.71. The normalized spacial score (nSPS) is 22.1. The summed E-state index contributed by atoms with van der Waals surface area (Å²) >= 11 is 5.98. The second-order valence-corrected chi connectivity index (χ2v) is 10.2. The number of piperidine rings is 1. The first kappa shape index (κ1) is 25.3. The third kappa shape index (κ3) is 5.72. The number of fused-ring (bicyclic) bond motifs is 2. The van der Waals surface area contributed by atoms with Crippen LogP contribution in [0.4, 0.5) is 19.0 Å². The summed E-state index contributed by atoms with van der Waals surface area (Å²) in [5.41, 5.74) is 0.269. The van der Waals surface area contributed by atoms with Crippen molar-refractivity contribution >= 4 is 29.2 Å². The SMILES string of the molecule is CC(C)(C(=O)NC1CC2CCC(C1)N2c1ccc(C(=O)NCC(F)(F)F)cn1)c1ccc(Cl)cc1. The van der Waals surface area contributed by atoms with Crippen LogP contribution in [0, 0.1) is 0 Å². The van der Waals surface area contributed by atoms with E-state index >= 15 is 0 Å². The summed E-state index contributed by atoms with van der Waals surface area (Å²) in [5.74, 6) is -0.157. The van der Waals surface area contributed by atoms with Crippen LogP contribution in [0.15, 0.2) is 42.6 Å². The summed E-state index contributed by atoms with van der Waals surface area (Å²) in [6, 6.07) is 10.9. The number of pyridine rings is 1. The third-order valence-corrected chi connectivity index (χ3v) is 7.18. The summed E-state index contributed by atoms with van der Waals surface area (Å²) in [6.07, 6.45) is 0.318.